The topological polar surface area (TPSA) is 205 Å². The summed E-state index contributed by atoms with van der Waals surface area (Å²) in [5.41, 5.74) is 1.36. The van der Waals surface area contributed by atoms with Crippen LogP contribution < -0.4 is 20.9 Å². The molecule has 338 valence electrons. The Labute approximate surface area is 377 Å². The van der Waals surface area contributed by atoms with Gasteiger partial charge in [-0.2, -0.15) is 4.98 Å². The van der Waals surface area contributed by atoms with Gasteiger partial charge in [0, 0.05) is 62.3 Å². The molecule has 5 amide bonds. The van der Waals surface area contributed by atoms with Crippen molar-refractivity contribution in [3.05, 3.63) is 95.3 Å². The number of ether oxygens (including phenoxy) is 3. The Morgan fingerprint density at radius 3 is 2.28 bits per heavy atom. The van der Waals surface area contributed by atoms with Crippen molar-refractivity contribution in [2.75, 3.05) is 94.4 Å². The van der Waals surface area contributed by atoms with Crippen molar-refractivity contribution in [2.45, 2.75) is 18.9 Å². The Morgan fingerprint density at radius 1 is 0.846 bits per heavy atom. The average molecular weight is 909 g/mol. The van der Waals surface area contributed by atoms with E-state index < -0.39 is 35.5 Å². The number of aromatic hydroxyl groups is 1. The van der Waals surface area contributed by atoms with E-state index in [0.717, 1.165) is 10.3 Å². The summed E-state index contributed by atoms with van der Waals surface area (Å²) in [6.07, 6.45) is 1.40. The fourth-order valence-corrected chi connectivity index (χ4v) is 8.51. The minimum absolute atomic E-state index is 0.0353. The number of rotatable bonds is 18. The van der Waals surface area contributed by atoms with Gasteiger partial charge in [-0.05, 0) is 59.2 Å². The Kier molecular flexibility index (Phi) is 13.8. The van der Waals surface area contributed by atoms with Gasteiger partial charge in [0.2, 0.25) is 23.7 Å². The van der Waals surface area contributed by atoms with Crippen LogP contribution in [0.2, 0.25) is 5.02 Å². The molecule has 8 rings (SSSR count). The highest BCUT2D eigenvalue weighted by molar-refractivity contribution is 6.35. The lowest BCUT2D eigenvalue weighted by atomic mass is 9.96. The Bertz CT molecular complexity index is 2700. The number of phenols is 1. The smallest absolute Gasteiger partial charge is 0.264 e. The van der Waals surface area contributed by atoms with Crippen LogP contribution in [0.15, 0.2) is 73.3 Å². The zero-order chi connectivity index (χ0) is 45.6. The molecule has 1 unspecified atom stereocenters. The minimum atomic E-state index is -1.05. The van der Waals surface area contributed by atoms with Gasteiger partial charge in [-0.3, -0.25) is 34.2 Å². The van der Waals surface area contributed by atoms with Gasteiger partial charge in [-0.25, -0.2) is 9.37 Å². The normalized spacial score (nSPS) is 16.3. The molecule has 17 nitrogen and oxygen atoms in total. The molecule has 65 heavy (non-hydrogen) atoms. The predicted octanol–water partition coefficient (Wildman–Crippen LogP) is 4.76. The number of carbonyl (C=O) groups is 5. The van der Waals surface area contributed by atoms with Gasteiger partial charge in [0.15, 0.2) is 5.82 Å². The first kappa shape index (κ1) is 44.9. The number of fused-ring (bicyclic) bond motifs is 3. The molecule has 3 aliphatic heterocycles. The molecule has 1 atom stereocenters. The minimum Gasteiger partial charge on any atom is -0.508 e. The predicted molar refractivity (Wildman–Crippen MR) is 241 cm³/mol. The number of piperidine rings is 1. The number of amides is 5. The summed E-state index contributed by atoms with van der Waals surface area (Å²) in [6, 6.07) is 15.9. The highest BCUT2D eigenvalue weighted by atomic mass is 35.5. The van der Waals surface area contributed by atoms with Crippen molar-refractivity contribution < 1.29 is 47.7 Å². The van der Waals surface area contributed by atoms with Crippen LogP contribution in [0, 0.1) is 5.82 Å². The third kappa shape index (κ3) is 9.56. The van der Waals surface area contributed by atoms with Crippen molar-refractivity contribution >= 4 is 80.3 Å². The molecule has 0 bridgehead atoms. The molecule has 3 aliphatic rings. The summed E-state index contributed by atoms with van der Waals surface area (Å²) in [5.74, 6) is -2.52. The van der Waals surface area contributed by atoms with Crippen LogP contribution in [0.3, 0.4) is 0 Å². The molecule has 5 aromatic rings. The maximum atomic E-state index is 16.9. The van der Waals surface area contributed by atoms with Crippen LogP contribution in [0.25, 0.3) is 32.8 Å². The van der Waals surface area contributed by atoms with E-state index in [1.165, 1.54) is 18.2 Å². The second-order valence-electron chi connectivity index (χ2n) is 15.4. The maximum absolute atomic E-state index is 16.9. The number of nitrogens with one attached hydrogen (secondary N) is 3. The highest BCUT2D eigenvalue weighted by Crippen LogP contribution is 2.42. The molecule has 0 saturated carbocycles. The summed E-state index contributed by atoms with van der Waals surface area (Å²) in [4.78, 5) is 76.6. The van der Waals surface area contributed by atoms with Gasteiger partial charge in [0.1, 0.15) is 23.1 Å². The van der Waals surface area contributed by atoms with E-state index in [4.69, 9.17) is 30.8 Å². The Hall–Kier alpha value is -6.73. The fourth-order valence-electron chi connectivity index (χ4n) is 8.21. The summed E-state index contributed by atoms with van der Waals surface area (Å²) >= 11 is 6.85. The number of phenolic OH excluding ortho intramolecular Hbond substituents is 1. The number of hydrogen-bond donors (Lipinski definition) is 4. The van der Waals surface area contributed by atoms with Crippen LogP contribution in [-0.2, 0) is 28.6 Å². The van der Waals surface area contributed by atoms with Crippen molar-refractivity contribution in [3.8, 4) is 16.9 Å². The molecule has 2 fully saturated rings. The molecule has 19 heteroatoms. The van der Waals surface area contributed by atoms with Crippen molar-refractivity contribution in [1.82, 2.24) is 25.1 Å². The van der Waals surface area contributed by atoms with E-state index in [0.29, 0.717) is 86.9 Å². The van der Waals surface area contributed by atoms with E-state index >= 15 is 4.39 Å². The third-order valence-electron chi connectivity index (χ3n) is 11.3. The van der Waals surface area contributed by atoms with E-state index in [1.807, 2.05) is 29.2 Å². The number of nitrogens with zero attached hydrogens (tertiary/aromatic N) is 5. The summed E-state index contributed by atoms with van der Waals surface area (Å²) in [6.45, 7) is 7.64. The molecule has 0 spiro atoms. The van der Waals surface area contributed by atoms with Crippen molar-refractivity contribution in [2.24, 2.45) is 0 Å². The van der Waals surface area contributed by atoms with Crippen LogP contribution in [0.4, 0.5) is 21.8 Å². The highest BCUT2D eigenvalue weighted by Gasteiger charge is 2.45. The number of halogens is 2. The molecule has 2 saturated heterocycles. The number of carbonyl (C=O) groups excluding carboxylic acids is 5. The maximum Gasteiger partial charge on any atom is 0.264 e. The Balaban J connectivity index is 0.814. The SMILES string of the molecule is C=CC(=O)N1CCN(c2nc(NCCOCCOCCOCCNc3cccc4c3C(=O)N(C3CCC(=O)NC3=O)C4=O)nc3c(F)c(-c4cc(O)cc5ccccc45)c(Cl)cc23)CC1. The van der Waals surface area contributed by atoms with Crippen LogP contribution in [0.5, 0.6) is 5.75 Å². The van der Waals surface area contributed by atoms with Crippen molar-refractivity contribution in [1.29, 1.82) is 0 Å². The third-order valence-corrected chi connectivity index (χ3v) is 11.6. The molecular weight excluding hydrogens is 863 g/mol. The fraction of sp³-hybridized carbons (Fsp3) is 0.326. The Morgan fingerprint density at radius 2 is 1.55 bits per heavy atom. The molecule has 0 aliphatic carbocycles. The van der Waals surface area contributed by atoms with Gasteiger partial charge in [0.05, 0.1) is 55.8 Å². The molecule has 4 aromatic carbocycles. The molecule has 0 radical (unpaired) electrons. The van der Waals surface area contributed by atoms with Crippen molar-refractivity contribution in [3.63, 3.8) is 0 Å². The summed E-state index contributed by atoms with van der Waals surface area (Å²) in [5, 5.41) is 21.0. The van der Waals surface area contributed by atoms with Crippen LogP contribution in [0.1, 0.15) is 33.6 Å². The number of anilines is 3. The molecule has 4 N–H and O–H groups in total. The first-order valence-electron chi connectivity index (χ1n) is 21.2. The zero-order valence-corrected chi connectivity index (χ0v) is 36.0. The second-order valence-corrected chi connectivity index (χ2v) is 15.8. The summed E-state index contributed by atoms with van der Waals surface area (Å²) < 4.78 is 33.9. The second kappa shape index (κ2) is 20.0. The standard InChI is InChI=1S/C46H46ClFN8O9/c1-2-37(59)54-14-16-55(17-15-54)42-32-26-33(47)38(31-25-28(57)24-27-6-3-4-7-29(27)31)40(48)41(32)52-46(53-42)50-13-19-64-21-23-65-22-20-63-18-12-49-34-9-5-8-30-39(34)45(62)56(44(30)61)35-10-11-36(58)51-43(35)60/h2-9,24-26,35,49,57H,1,10-23H2,(H,50,52,53)(H,51,58,60). The lowest BCUT2D eigenvalue weighted by Crippen LogP contribution is -2.54. The van der Waals surface area contributed by atoms with Gasteiger partial charge in [-0.1, -0.05) is 48.5 Å². The largest absolute Gasteiger partial charge is 0.508 e. The molecule has 4 heterocycles. The quantitative estimate of drug-likeness (QED) is 0.0532. The van der Waals surface area contributed by atoms with Crippen LogP contribution in [-0.4, -0.2) is 139 Å². The zero-order valence-electron chi connectivity index (χ0n) is 35.2. The average Bonchev–Trinajstić information content (AvgIpc) is 3.56. The molecule has 1 aromatic heterocycles. The number of piperazine rings is 1. The van der Waals surface area contributed by atoms with E-state index in [-0.39, 0.29) is 77.5 Å². The molecular formula is C46H46ClFN8O9. The number of imide groups is 2. The van der Waals surface area contributed by atoms with Gasteiger partial charge >= 0.3 is 0 Å². The summed E-state index contributed by atoms with van der Waals surface area (Å²) in [7, 11) is 0. The number of hydrogen-bond acceptors (Lipinski definition) is 14. The lowest BCUT2D eigenvalue weighted by Gasteiger charge is -2.35. The van der Waals surface area contributed by atoms with E-state index in [2.05, 4.69) is 27.5 Å². The lowest BCUT2D eigenvalue weighted by molar-refractivity contribution is -0.136. The van der Waals surface area contributed by atoms with Gasteiger partial charge in [0.25, 0.3) is 11.8 Å². The first-order valence-corrected chi connectivity index (χ1v) is 21.6. The van der Waals surface area contributed by atoms with Gasteiger partial charge in [-0.15, -0.1) is 0 Å². The van der Waals surface area contributed by atoms with Crippen LogP contribution >= 0.6 is 11.6 Å². The van der Waals surface area contributed by atoms with E-state index in [9.17, 15) is 29.1 Å². The van der Waals surface area contributed by atoms with Gasteiger partial charge < -0.3 is 39.8 Å². The van der Waals surface area contributed by atoms with E-state index in [1.54, 1.807) is 29.2 Å². The number of benzene rings is 4. The number of aromatic nitrogens is 2. The monoisotopic (exact) mass is 908 g/mol. The first-order chi connectivity index (χ1) is 31.5.